The molecule has 2 N–H and O–H groups in total. The second-order valence-corrected chi connectivity index (χ2v) is 11.0. The van der Waals surface area contributed by atoms with Crippen molar-refractivity contribution in [2.75, 3.05) is 5.75 Å². The summed E-state index contributed by atoms with van der Waals surface area (Å²) >= 11 is 0. The molecule has 0 saturated heterocycles. The standard InChI is InChI=1S/C28H30FNO6S/c1-2-15-37(34,35)36-22(17-26(32)33)16-21(31)13-14-24-27(18-9-11-20(29)12-10-18)23-5-3-4-6-25(23)30-28(24)19-7-8-19/h3-6,9-14,19,21-22,31H,2,7-8,15-17H2,1H3,(H,32,33)/b14-13+/t21-,22-/m1/s1. The van der Waals surface area contributed by atoms with Crippen molar-refractivity contribution in [1.82, 2.24) is 4.98 Å². The molecule has 1 aliphatic carbocycles. The van der Waals surface area contributed by atoms with Gasteiger partial charge in [0.05, 0.1) is 35.6 Å². The Morgan fingerprint density at radius 2 is 1.89 bits per heavy atom. The van der Waals surface area contributed by atoms with Gasteiger partial charge in [-0.05, 0) is 43.0 Å². The summed E-state index contributed by atoms with van der Waals surface area (Å²) in [6, 6.07) is 13.9. The Morgan fingerprint density at radius 1 is 1.19 bits per heavy atom. The molecular formula is C28H30FNO6S. The summed E-state index contributed by atoms with van der Waals surface area (Å²) in [5, 5.41) is 20.8. The van der Waals surface area contributed by atoms with Crippen molar-refractivity contribution in [2.45, 2.75) is 57.2 Å². The topological polar surface area (TPSA) is 114 Å². The highest BCUT2D eigenvalue weighted by molar-refractivity contribution is 7.86. The maximum absolute atomic E-state index is 13.7. The van der Waals surface area contributed by atoms with E-state index in [2.05, 4.69) is 0 Å². The first-order valence-corrected chi connectivity index (χ1v) is 13.9. The third-order valence-corrected chi connectivity index (χ3v) is 7.66. The molecule has 7 nitrogen and oxygen atoms in total. The number of hydrogen-bond donors (Lipinski definition) is 2. The van der Waals surface area contributed by atoms with Gasteiger partial charge in [-0.2, -0.15) is 8.42 Å². The fraction of sp³-hybridized carbons (Fsp3) is 0.357. The second kappa shape index (κ2) is 11.5. The largest absolute Gasteiger partial charge is 0.481 e. The van der Waals surface area contributed by atoms with Crippen LogP contribution in [-0.2, 0) is 19.1 Å². The van der Waals surface area contributed by atoms with Gasteiger partial charge in [-0.25, -0.2) is 4.39 Å². The minimum atomic E-state index is -3.91. The Morgan fingerprint density at radius 3 is 2.54 bits per heavy atom. The number of carboxylic acid groups (broad SMARTS) is 1. The molecule has 37 heavy (non-hydrogen) atoms. The SMILES string of the molecule is CCCS(=O)(=O)O[C@@H](CC(=O)O)C[C@H](O)/C=C/c1c(C2CC2)nc2ccccc2c1-c1ccc(F)cc1. The lowest BCUT2D eigenvalue weighted by Crippen LogP contribution is -2.27. The molecule has 0 unspecified atom stereocenters. The molecule has 1 aliphatic rings. The Bertz CT molecular complexity index is 1400. The molecule has 0 spiro atoms. The number of hydrogen-bond acceptors (Lipinski definition) is 6. The minimum Gasteiger partial charge on any atom is -0.481 e. The van der Waals surface area contributed by atoms with Crippen LogP contribution in [0.1, 0.15) is 56.2 Å². The Kier molecular flexibility index (Phi) is 8.36. The number of aliphatic hydroxyl groups excluding tert-OH is 1. The molecule has 1 saturated carbocycles. The number of pyridine rings is 1. The van der Waals surface area contributed by atoms with E-state index in [1.54, 1.807) is 25.1 Å². The monoisotopic (exact) mass is 527 g/mol. The molecule has 0 radical (unpaired) electrons. The predicted molar refractivity (Wildman–Crippen MR) is 140 cm³/mol. The van der Waals surface area contributed by atoms with Gasteiger partial charge in [-0.15, -0.1) is 0 Å². The number of nitrogens with zero attached hydrogens (tertiary/aromatic N) is 1. The molecule has 1 heterocycles. The van der Waals surface area contributed by atoms with Gasteiger partial charge in [-0.1, -0.05) is 49.4 Å². The molecule has 2 atom stereocenters. The first kappa shape index (κ1) is 26.9. The van der Waals surface area contributed by atoms with Crippen LogP contribution in [0.2, 0.25) is 0 Å². The summed E-state index contributed by atoms with van der Waals surface area (Å²) in [6.07, 6.45) is 2.42. The molecule has 4 rings (SSSR count). The highest BCUT2D eigenvalue weighted by Gasteiger charge is 2.30. The van der Waals surface area contributed by atoms with Crippen LogP contribution in [0.15, 0.2) is 54.6 Å². The third-order valence-electron chi connectivity index (χ3n) is 6.19. The number of halogens is 1. The Labute approximate surface area is 215 Å². The number of para-hydroxylation sites is 1. The van der Waals surface area contributed by atoms with E-state index >= 15 is 0 Å². The highest BCUT2D eigenvalue weighted by Crippen LogP contribution is 2.45. The zero-order chi connectivity index (χ0) is 26.6. The number of carbonyl (C=O) groups is 1. The fourth-order valence-electron chi connectivity index (χ4n) is 4.42. The van der Waals surface area contributed by atoms with E-state index < -0.39 is 34.7 Å². The average Bonchev–Trinajstić information content (AvgIpc) is 3.67. The van der Waals surface area contributed by atoms with Crippen LogP contribution >= 0.6 is 0 Å². The summed E-state index contributed by atoms with van der Waals surface area (Å²) in [7, 11) is -3.91. The van der Waals surface area contributed by atoms with Gasteiger partial charge in [0.1, 0.15) is 5.82 Å². The summed E-state index contributed by atoms with van der Waals surface area (Å²) in [6.45, 7) is 1.68. The lowest BCUT2D eigenvalue weighted by Gasteiger charge is -2.18. The normalized spacial score (nSPS) is 15.8. The second-order valence-electron chi connectivity index (χ2n) is 9.32. The van der Waals surface area contributed by atoms with Gasteiger partial charge >= 0.3 is 5.97 Å². The summed E-state index contributed by atoms with van der Waals surface area (Å²) in [4.78, 5) is 16.2. The number of aromatic nitrogens is 1. The number of fused-ring (bicyclic) bond motifs is 1. The van der Waals surface area contributed by atoms with E-state index in [-0.39, 0.29) is 23.9 Å². The van der Waals surface area contributed by atoms with Gasteiger partial charge in [0.2, 0.25) is 0 Å². The van der Waals surface area contributed by atoms with Crippen LogP contribution < -0.4 is 0 Å². The first-order valence-electron chi connectivity index (χ1n) is 12.3. The third kappa shape index (κ3) is 7.00. The number of aliphatic hydroxyl groups is 1. The smallest absolute Gasteiger partial charge is 0.306 e. The van der Waals surface area contributed by atoms with Gasteiger partial charge in [0, 0.05) is 28.9 Å². The maximum Gasteiger partial charge on any atom is 0.306 e. The van der Waals surface area contributed by atoms with E-state index in [1.165, 1.54) is 18.2 Å². The number of rotatable bonds is 12. The van der Waals surface area contributed by atoms with Crippen molar-refractivity contribution in [2.24, 2.45) is 0 Å². The van der Waals surface area contributed by atoms with E-state index in [1.807, 2.05) is 24.3 Å². The molecule has 1 fully saturated rings. The molecule has 0 aliphatic heterocycles. The van der Waals surface area contributed by atoms with E-state index in [0.717, 1.165) is 46.1 Å². The van der Waals surface area contributed by atoms with Crippen LogP contribution in [0.25, 0.3) is 28.1 Å². The number of aliphatic carboxylic acids is 1. The van der Waals surface area contributed by atoms with E-state index in [9.17, 15) is 27.8 Å². The van der Waals surface area contributed by atoms with Gasteiger partial charge < -0.3 is 10.2 Å². The van der Waals surface area contributed by atoms with Crippen LogP contribution in [0.3, 0.4) is 0 Å². The Hall–Kier alpha value is -3.14. The van der Waals surface area contributed by atoms with Crippen molar-refractivity contribution in [3.8, 4) is 11.1 Å². The zero-order valence-corrected chi connectivity index (χ0v) is 21.3. The van der Waals surface area contributed by atoms with E-state index in [4.69, 9.17) is 9.17 Å². The first-order chi connectivity index (χ1) is 17.7. The predicted octanol–water partition coefficient (Wildman–Crippen LogP) is 5.28. The average molecular weight is 528 g/mol. The van der Waals surface area contributed by atoms with Gasteiger partial charge in [0.15, 0.2) is 0 Å². The molecule has 0 amide bonds. The summed E-state index contributed by atoms with van der Waals surface area (Å²) in [5.41, 5.74) is 4.15. The minimum absolute atomic E-state index is 0.211. The summed E-state index contributed by atoms with van der Waals surface area (Å²) < 4.78 is 43.0. The lowest BCUT2D eigenvalue weighted by molar-refractivity contribution is -0.138. The number of carboxylic acids is 1. The van der Waals surface area contributed by atoms with Crippen LogP contribution in [0.5, 0.6) is 0 Å². The highest BCUT2D eigenvalue weighted by atomic mass is 32.2. The van der Waals surface area contributed by atoms with Crippen LogP contribution in [0, 0.1) is 5.82 Å². The van der Waals surface area contributed by atoms with Crippen LogP contribution in [0.4, 0.5) is 4.39 Å². The zero-order valence-electron chi connectivity index (χ0n) is 20.5. The molecular weight excluding hydrogens is 497 g/mol. The van der Waals surface area contributed by atoms with Crippen molar-refractivity contribution in [3.05, 3.63) is 71.7 Å². The van der Waals surface area contributed by atoms with Crippen molar-refractivity contribution in [1.29, 1.82) is 0 Å². The molecule has 196 valence electrons. The summed E-state index contributed by atoms with van der Waals surface area (Å²) in [5.74, 6) is -1.53. The molecule has 3 aromatic rings. The lowest BCUT2D eigenvalue weighted by atomic mass is 9.92. The maximum atomic E-state index is 13.7. The fourth-order valence-corrected chi connectivity index (χ4v) is 5.58. The van der Waals surface area contributed by atoms with Crippen LogP contribution in [-0.4, -0.2) is 47.5 Å². The van der Waals surface area contributed by atoms with Crippen molar-refractivity contribution >= 4 is 33.1 Å². The molecule has 1 aromatic heterocycles. The van der Waals surface area contributed by atoms with E-state index in [0.29, 0.717) is 6.42 Å². The number of benzene rings is 2. The molecule has 9 heteroatoms. The Balaban J connectivity index is 1.71. The quantitative estimate of drug-likeness (QED) is 0.308. The van der Waals surface area contributed by atoms with Gasteiger partial charge in [-0.3, -0.25) is 14.0 Å². The van der Waals surface area contributed by atoms with Crippen molar-refractivity contribution < 1.29 is 32.0 Å². The van der Waals surface area contributed by atoms with Gasteiger partial charge in [0.25, 0.3) is 10.1 Å². The molecule has 2 aromatic carbocycles. The van der Waals surface area contributed by atoms with Crippen molar-refractivity contribution in [3.63, 3.8) is 0 Å². The molecule has 0 bridgehead atoms.